The summed E-state index contributed by atoms with van der Waals surface area (Å²) in [6.45, 7) is 2.15. The topological polar surface area (TPSA) is 106 Å². The summed E-state index contributed by atoms with van der Waals surface area (Å²) in [4.78, 5) is 37.5. The zero-order valence-electron chi connectivity index (χ0n) is 22.3. The molecule has 0 heterocycles. The normalized spacial score (nSPS) is 10.9. The summed E-state index contributed by atoms with van der Waals surface area (Å²) in [5.41, 5.74) is 5.13. The second kappa shape index (κ2) is 14.8. The molecule has 0 fully saturated rings. The number of hydrazone groups is 1. The van der Waals surface area contributed by atoms with E-state index in [0.29, 0.717) is 39.8 Å². The van der Waals surface area contributed by atoms with Gasteiger partial charge in [0.1, 0.15) is 0 Å². The predicted octanol–water partition coefficient (Wildman–Crippen LogP) is 7.14. The monoisotopic (exact) mass is 645 g/mol. The fourth-order valence-electron chi connectivity index (χ4n) is 3.61. The molecule has 10 heteroatoms. The molecule has 0 aromatic heterocycles. The van der Waals surface area contributed by atoms with Crippen LogP contribution in [0.4, 0.5) is 5.69 Å². The van der Waals surface area contributed by atoms with Crippen molar-refractivity contribution in [3.8, 4) is 11.5 Å². The molecule has 4 rings (SSSR count). The number of esters is 1. The van der Waals surface area contributed by atoms with Gasteiger partial charge in [0.2, 0.25) is 0 Å². The first kappa shape index (κ1) is 30.2. The third kappa shape index (κ3) is 8.89. The molecule has 0 aliphatic carbocycles. The molecule has 42 heavy (non-hydrogen) atoms. The molecule has 0 saturated carbocycles. The van der Waals surface area contributed by atoms with Crippen LogP contribution in [0.1, 0.15) is 38.8 Å². The fourth-order valence-corrected chi connectivity index (χ4v) is 4.00. The Morgan fingerprint density at radius 2 is 1.60 bits per heavy atom. The van der Waals surface area contributed by atoms with Gasteiger partial charge in [-0.3, -0.25) is 9.59 Å². The van der Waals surface area contributed by atoms with Gasteiger partial charge in [-0.15, -0.1) is 0 Å². The van der Waals surface area contributed by atoms with Crippen LogP contribution in [-0.2, 0) is 4.79 Å². The summed E-state index contributed by atoms with van der Waals surface area (Å²) in [6.07, 6.45) is 4.37. The second-order valence-corrected chi connectivity index (χ2v) is 10.0. The van der Waals surface area contributed by atoms with E-state index in [-0.39, 0.29) is 11.7 Å². The number of halogens is 2. The van der Waals surface area contributed by atoms with Crippen LogP contribution in [0.2, 0.25) is 5.02 Å². The molecule has 212 valence electrons. The zero-order chi connectivity index (χ0) is 29.9. The lowest BCUT2D eigenvalue weighted by Crippen LogP contribution is -2.18. The van der Waals surface area contributed by atoms with Gasteiger partial charge in [0.15, 0.2) is 11.5 Å². The van der Waals surface area contributed by atoms with Crippen molar-refractivity contribution in [2.24, 2.45) is 5.10 Å². The van der Waals surface area contributed by atoms with E-state index in [1.54, 1.807) is 97.1 Å². The van der Waals surface area contributed by atoms with E-state index in [0.717, 1.165) is 10.0 Å². The van der Waals surface area contributed by atoms with Gasteiger partial charge in [-0.25, -0.2) is 10.2 Å². The summed E-state index contributed by atoms with van der Waals surface area (Å²) in [5, 5.41) is 7.41. The zero-order valence-corrected chi connectivity index (χ0v) is 24.7. The first-order chi connectivity index (χ1) is 20.3. The van der Waals surface area contributed by atoms with E-state index in [2.05, 4.69) is 31.8 Å². The Hall–Kier alpha value is -4.73. The van der Waals surface area contributed by atoms with E-state index in [1.165, 1.54) is 12.3 Å². The molecular formula is C32H25BrClN3O5. The van der Waals surface area contributed by atoms with Gasteiger partial charge in [0.25, 0.3) is 11.8 Å². The quantitative estimate of drug-likeness (QED) is 0.0627. The van der Waals surface area contributed by atoms with Gasteiger partial charge in [-0.05, 0) is 96.9 Å². The SMILES string of the molecule is CCOc1cc(C=NNC(=O)c2cccc(NC(=O)c3ccc(Br)cc3)c2)ccc1OC(=O)/C=C/c1ccc(Cl)cc1. The number of anilines is 1. The van der Waals surface area contributed by atoms with E-state index in [1.807, 2.05) is 6.92 Å². The highest BCUT2D eigenvalue weighted by Crippen LogP contribution is 2.28. The van der Waals surface area contributed by atoms with Crippen molar-refractivity contribution in [3.63, 3.8) is 0 Å². The number of benzene rings is 4. The molecular weight excluding hydrogens is 622 g/mol. The number of amides is 2. The van der Waals surface area contributed by atoms with Gasteiger partial charge in [0.05, 0.1) is 12.8 Å². The van der Waals surface area contributed by atoms with Crippen LogP contribution in [0, 0.1) is 0 Å². The standard InChI is InChI=1S/C32H25BrClN3O5/c1-2-41-29-18-22(8-16-28(29)42-30(38)17-9-21-6-14-26(34)15-7-21)20-35-37-32(40)24-4-3-5-27(19-24)36-31(39)23-10-12-25(33)13-11-23/h3-20H,2H2,1H3,(H,36,39)(H,37,40)/b17-9+,35-20?. The lowest BCUT2D eigenvalue weighted by atomic mass is 10.1. The molecule has 0 aliphatic rings. The Morgan fingerprint density at radius 3 is 2.33 bits per heavy atom. The fraction of sp³-hybridized carbons (Fsp3) is 0.0625. The summed E-state index contributed by atoms with van der Waals surface area (Å²) < 4.78 is 11.9. The van der Waals surface area contributed by atoms with Crippen molar-refractivity contribution in [2.75, 3.05) is 11.9 Å². The average Bonchev–Trinajstić information content (AvgIpc) is 2.98. The number of carbonyl (C=O) groups excluding carboxylic acids is 3. The molecule has 4 aromatic carbocycles. The molecule has 0 unspecified atom stereocenters. The Morgan fingerprint density at radius 1 is 0.857 bits per heavy atom. The van der Waals surface area contributed by atoms with E-state index in [4.69, 9.17) is 21.1 Å². The van der Waals surface area contributed by atoms with Crippen LogP contribution in [0.5, 0.6) is 11.5 Å². The van der Waals surface area contributed by atoms with Gasteiger partial charge < -0.3 is 14.8 Å². The minimum atomic E-state index is -0.574. The maximum Gasteiger partial charge on any atom is 0.336 e. The van der Waals surface area contributed by atoms with E-state index < -0.39 is 11.9 Å². The van der Waals surface area contributed by atoms with Gasteiger partial charge in [-0.2, -0.15) is 5.10 Å². The van der Waals surface area contributed by atoms with Crippen LogP contribution in [-0.4, -0.2) is 30.6 Å². The molecule has 8 nitrogen and oxygen atoms in total. The van der Waals surface area contributed by atoms with Crippen molar-refractivity contribution in [2.45, 2.75) is 6.92 Å². The molecule has 4 aromatic rings. The maximum absolute atomic E-state index is 12.7. The molecule has 0 bridgehead atoms. The Kier molecular flexibility index (Phi) is 10.6. The highest BCUT2D eigenvalue weighted by atomic mass is 79.9. The molecule has 0 aliphatic heterocycles. The van der Waals surface area contributed by atoms with Crippen molar-refractivity contribution < 1.29 is 23.9 Å². The van der Waals surface area contributed by atoms with E-state index in [9.17, 15) is 14.4 Å². The number of nitrogens with zero attached hydrogens (tertiary/aromatic N) is 1. The van der Waals surface area contributed by atoms with Crippen molar-refractivity contribution in [1.29, 1.82) is 0 Å². The van der Waals surface area contributed by atoms with Crippen LogP contribution in [0.15, 0.2) is 107 Å². The Balaban J connectivity index is 1.36. The summed E-state index contributed by atoms with van der Waals surface area (Å²) in [6, 6.07) is 25.4. The molecule has 0 saturated heterocycles. The molecule has 0 radical (unpaired) electrons. The van der Waals surface area contributed by atoms with Crippen LogP contribution in [0.25, 0.3) is 6.08 Å². The lowest BCUT2D eigenvalue weighted by molar-refractivity contribution is -0.129. The maximum atomic E-state index is 12.7. The third-order valence-corrected chi connectivity index (χ3v) is 6.41. The number of rotatable bonds is 10. The number of hydrogen-bond donors (Lipinski definition) is 2. The minimum absolute atomic E-state index is 0.241. The minimum Gasteiger partial charge on any atom is -0.490 e. The largest absolute Gasteiger partial charge is 0.490 e. The van der Waals surface area contributed by atoms with Crippen molar-refractivity contribution in [1.82, 2.24) is 5.43 Å². The van der Waals surface area contributed by atoms with Gasteiger partial charge >= 0.3 is 5.97 Å². The molecule has 2 amide bonds. The lowest BCUT2D eigenvalue weighted by Gasteiger charge is -2.10. The smallest absolute Gasteiger partial charge is 0.336 e. The summed E-state index contributed by atoms with van der Waals surface area (Å²) in [7, 11) is 0. The number of hydrogen-bond acceptors (Lipinski definition) is 6. The second-order valence-electron chi connectivity index (χ2n) is 8.69. The van der Waals surface area contributed by atoms with Gasteiger partial charge in [0, 0.05) is 32.4 Å². The highest BCUT2D eigenvalue weighted by Gasteiger charge is 2.11. The Bertz CT molecular complexity index is 1640. The number of nitrogens with one attached hydrogen (secondary N) is 2. The summed E-state index contributed by atoms with van der Waals surface area (Å²) >= 11 is 9.23. The average molecular weight is 647 g/mol. The van der Waals surface area contributed by atoms with E-state index >= 15 is 0 Å². The third-order valence-electron chi connectivity index (χ3n) is 5.63. The molecule has 0 spiro atoms. The first-order valence-corrected chi connectivity index (χ1v) is 13.9. The Labute approximate surface area is 256 Å². The molecule has 2 N–H and O–H groups in total. The predicted molar refractivity (Wildman–Crippen MR) is 167 cm³/mol. The van der Waals surface area contributed by atoms with Crippen molar-refractivity contribution in [3.05, 3.63) is 129 Å². The van der Waals surface area contributed by atoms with Crippen LogP contribution < -0.4 is 20.2 Å². The number of ether oxygens (including phenoxy) is 2. The number of carbonyl (C=O) groups is 3. The van der Waals surface area contributed by atoms with Crippen LogP contribution in [0.3, 0.4) is 0 Å². The highest BCUT2D eigenvalue weighted by molar-refractivity contribution is 9.10. The first-order valence-electron chi connectivity index (χ1n) is 12.7. The van der Waals surface area contributed by atoms with Crippen LogP contribution >= 0.6 is 27.5 Å². The van der Waals surface area contributed by atoms with Crippen molar-refractivity contribution >= 4 is 63.3 Å². The summed E-state index contributed by atoms with van der Waals surface area (Å²) in [5.74, 6) is -0.750. The molecule has 0 atom stereocenters. The van der Waals surface area contributed by atoms with Gasteiger partial charge in [-0.1, -0.05) is 45.7 Å².